The highest BCUT2D eigenvalue weighted by atomic mass is 32.1. The standard InChI is InChI=1S/C6H12.C4H9N.C4H4S.2C4H10.3C2H6/c1-5(2)6-3-4-6;2*1-2-4-5-3-1;2*1-4(2)3;3*1-2/h5-6H,3-4H2,1-2H3;5H,1-4H2;1-4H;2*4H,1-3H3;3*1-2H3. The SMILES string of the molecule is C1CCNC1.CC.CC.CC.CC(C)C.CC(C)C.CC(C)C1CC1.c1ccsc1. The summed E-state index contributed by atoms with van der Waals surface area (Å²) in [6.07, 6.45) is 5.77. The summed E-state index contributed by atoms with van der Waals surface area (Å²) in [7, 11) is 0. The summed E-state index contributed by atoms with van der Waals surface area (Å²) in [6, 6.07) is 4.04. The molecule has 30 heavy (non-hydrogen) atoms. The fraction of sp³-hybridized carbons (Fsp3) is 0.857. The largest absolute Gasteiger partial charge is 0.317 e. The van der Waals surface area contributed by atoms with Crippen LogP contribution in [0.5, 0.6) is 0 Å². The normalized spacial score (nSPS) is 12.8. The lowest BCUT2D eigenvalue weighted by Crippen LogP contribution is -2.03. The minimum atomic E-state index is 0.833. The van der Waals surface area contributed by atoms with Gasteiger partial charge in [0.1, 0.15) is 0 Å². The average Bonchev–Trinajstić information content (AvgIpc) is 3.16. The molecule has 2 heteroatoms. The molecule has 1 aliphatic carbocycles. The van der Waals surface area contributed by atoms with E-state index >= 15 is 0 Å². The van der Waals surface area contributed by atoms with E-state index in [1.54, 1.807) is 11.3 Å². The molecule has 1 aromatic heterocycles. The topological polar surface area (TPSA) is 12.0 Å². The first kappa shape index (κ1) is 40.1. The quantitative estimate of drug-likeness (QED) is 0.453. The van der Waals surface area contributed by atoms with Crippen LogP contribution in [0.4, 0.5) is 0 Å². The number of hydrogen-bond acceptors (Lipinski definition) is 2. The van der Waals surface area contributed by atoms with Gasteiger partial charge in [0.25, 0.3) is 0 Å². The van der Waals surface area contributed by atoms with Crippen LogP contribution >= 0.6 is 11.3 Å². The highest BCUT2D eigenvalue weighted by Crippen LogP contribution is 2.35. The first-order valence-electron chi connectivity index (χ1n) is 12.9. The second-order valence-electron chi connectivity index (χ2n) is 8.30. The summed E-state index contributed by atoms with van der Waals surface area (Å²) in [4.78, 5) is 0. The van der Waals surface area contributed by atoms with Crippen molar-refractivity contribution in [3.63, 3.8) is 0 Å². The van der Waals surface area contributed by atoms with Crippen LogP contribution < -0.4 is 5.32 Å². The van der Waals surface area contributed by atoms with Crippen molar-refractivity contribution in [3.05, 3.63) is 22.9 Å². The first-order chi connectivity index (χ1) is 14.3. The zero-order valence-electron chi connectivity index (χ0n) is 23.8. The van der Waals surface area contributed by atoms with E-state index in [0.717, 1.165) is 23.7 Å². The van der Waals surface area contributed by atoms with E-state index in [1.807, 2.05) is 64.4 Å². The van der Waals surface area contributed by atoms with Crippen LogP contribution in [0.1, 0.15) is 123 Å². The van der Waals surface area contributed by atoms with Gasteiger partial charge in [-0.25, -0.2) is 0 Å². The maximum atomic E-state index is 3.22. The number of rotatable bonds is 1. The lowest BCUT2D eigenvalue weighted by molar-refractivity contribution is 0.563. The van der Waals surface area contributed by atoms with Crippen LogP contribution in [0, 0.1) is 23.7 Å². The van der Waals surface area contributed by atoms with Crippen molar-refractivity contribution in [2.24, 2.45) is 23.7 Å². The molecule has 0 atom stereocenters. The fourth-order valence-corrected chi connectivity index (χ4v) is 2.07. The van der Waals surface area contributed by atoms with Crippen LogP contribution in [-0.2, 0) is 0 Å². The third kappa shape index (κ3) is 70.8. The van der Waals surface area contributed by atoms with Crippen LogP contribution in [-0.4, -0.2) is 13.1 Å². The Kier molecular flexibility index (Phi) is 52.3. The maximum Gasteiger partial charge on any atom is -0.00484 e. The van der Waals surface area contributed by atoms with E-state index in [9.17, 15) is 0 Å². The molecule has 2 fully saturated rings. The molecule has 1 N–H and O–H groups in total. The van der Waals surface area contributed by atoms with Gasteiger partial charge in [0, 0.05) is 0 Å². The minimum Gasteiger partial charge on any atom is -0.317 e. The van der Waals surface area contributed by atoms with Gasteiger partial charge in [-0.1, -0.05) is 109 Å². The van der Waals surface area contributed by atoms with E-state index < -0.39 is 0 Å². The van der Waals surface area contributed by atoms with Gasteiger partial charge < -0.3 is 5.32 Å². The molecule has 0 aromatic carbocycles. The molecule has 3 rings (SSSR count). The van der Waals surface area contributed by atoms with Crippen molar-refractivity contribution < 1.29 is 0 Å². The van der Waals surface area contributed by atoms with Crippen molar-refractivity contribution in [3.8, 4) is 0 Å². The van der Waals surface area contributed by atoms with Crippen LogP contribution in [0.3, 0.4) is 0 Å². The number of nitrogens with one attached hydrogen (secondary N) is 1. The van der Waals surface area contributed by atoms with Gasteiger partial charge >= 0.3 is 0 Å². The smallest absolute Gasteiger partial charge is 0.00484 e. The summed E-state index contributed by atoms with van der Waals surface area (Å²) in [6.45, 7) is 32.1. The highest BCUT2D eigenvalue weighted by Gasteiger charge is 2.23. The Morgan fingerprint density at radius 1 is 0.633 bits per heavy atom. The summed E-state index contributed by atoms with van der Waals surface area (Å²) in [5.74, 6) is 3.73. The second-order valence-corrected chi connectivity index (χ2v) is 9.11. The van der Waals surface area contributed by atoms with Gasteiger partial charge in [0.05, 0.1) is 0 Å². The van der Waals surface area contributed by atoms with Crippen molar-refractivity contribution in [1.29, 1.82) is 0 Å². The predicted octanol–water partition coefficient (Wildman–Crippen LogP) is 10.6. The Morgan fingerprint density at radius 3 is 1.00 bits per heavy atom. The Morgan fingerprint density at radius 2 is 0.933 bits per heavy atom. The van der Waals surface area contributed by atoms with Gasteiger partial charge in [0.2, 0.25) is 0 Å². The lowest BCUT2D eigenvalue weighted by atomic mass is 10.1. The molecule has 0 spiro atoms. The molecule has 0 unspecified atom stereocenters. The molecule has 186 valence electrons. The average molecular weight is 446 g/mol. The summed E-state index contributed by atoms with van der Waals surface area (Å²) < 4.78 is 0. The van der Waals surface area contributed by atoms with Crippen molar-refractivity contribution in [1.82, 2.24) is 5.32 Å². The summed E-state index contributed by atoms with van der Waals surface area (Å²) in [5.41, 5.74) is 0. The van der Waals surface area contributed by atoms with Gasteiger partial charge in [-0.3, -0.25) is 0 Å². The van der Waals surface area contributed by atoms with E-state index in [-0.39, 0.29) is 0 Å². The van der Waals surface area contributed by atoms with E-state index in [1.165, 1.54) is 38.8 Å². The van der Waals surface area contributed by atoms with Crippen LogP contribution in [0.25, 0.3) is 0 Å². The maximum absolute atomic E-state index is 3.22. The molecule has 1 nitrogen and oxygen atoms in total. The minimum absolute atomic E-state index is 0.833. The van der Waals surface area contributed by atoms with Crippen LogP contribution in [0.15, 0.2) is 22.9 Å². The molecule has 1 saturated carbocycles. The van der Waals surface area contributed by atoms with Crippen LogP contribution in [0.2, 0.25) is 0 Å². The number of hydrogen-bond donors (Lipinski definition) is 1. The third-order valence-electron chi connectivity index (χ3n) is 2.95. The Labute approximate surface area is 198 Å². The Balaban J connectivity index is -0.0000000823. The third-order valence-corrected chi connectivity index (χ3v) is 3.58. The number of thiophene rings is 1. The van der Waals surface area contributed by atoms with Crippen molar-refractivity contribution in [2.75, 3.05) is 13.1 Å². The van der Waals surface area contributed by atoms with E-state index in [4.69, 9.17) is 0 Å². The van der Waals surface area contributed by atoms with Gasteiger partial charge in [-0.05, 0) is 73.2 Å². The molecular formula is C28H63NS. The molecule has 0 amide bonds. The zero-order valence-corrected chi connectivity index (χ0v) is 24.6. The molecule has 2 aliphatic rings. The predicted molar refractivity (Wildman–Crippen MR) is 149 cm³/mol. The summed E-state index contributed by atoms with van der Waals surface area (Å²) >= 11 is 1.71. The summed E-state index contributed by atoms with van der Waals surface area (Å²) in [5, 5.41) is 7.31. The second kappa shape index (κ2) is 39.2. The molecular weight excluding hydrogens is 382 g/mol. The van der Waals surface area contributed by atoms with Crippen molar-refractivity contribution >= 4 is 11.3 Å². The zero-order chi connectivity index (χ0) is 24.8. The van der Waals surface area contributed by atoms with Gasteiger partial charge in [-0.2, -0.15) is 11.3 Å². The molecule has 1 aliphatic heterocycles. The fourth-order valence-electron chi connectivity index (χ4n) is 1.61. The first-order valence-corrected chi connectivity index (χ1v) is 13.9. The Hall–Kier alpha value is -0.340. The molecule has 0 radical (unpaired) electrons. The molecule has 0 bridgehead atoms. The Bertz CT molecular complexity index is 260. The van der Waals surface area contributed by atoms with Gasteiger partial charge in [-0.15, -0.1) is 0 Å². The van der Waals surface area contributed by atoms with E-state index in [0.29, 0.717) is 0 Å². The monoisotopic (exact) mass is 445 g/mol. The molecule has 1 saturated heterocycles. The highest BCUT2D eigenvalue weighted by molar-refractivity contribution is 7.07. The molecule has 2 heterocycles. The molecule has 1 aromatic rings. The lowest BCUT2D eigenvalue weighted by Gasteiger charge is -1.94. The van der Waals surface area contributed by atoms with Crippen molar-refractivity contribution in [2.45, 2.75) is 123 Å². The van der Waals surface area contributed by atoms with E-state index in [2.05, 4.69) is 60.7 Å². The van der Waals surface area contributed by atoms with Gasteiger partial charge in [0.15, 0.2) is 0 Å².